The molecule has 0 atom stereocenters. The maximum absolute atomic E-state index is 14.4. The van der Waals surface area contributed by atoms with Gasteiger partial charge in [-0.2, -0.15) is 19.6 Å². The van der Waals surface area contributed by atoms with Crippen molar-refractivity contribution in [1.29, 1.82) is 0 Å². The predicted molar refractivity (Wildman–Crippen MR) is 86.2 cm³/mol. The van der Waals surface area contributed by atoms with Crippen LogP contribution in [0.1, 0.15) is 13.8 Å². The van der Waals surface area contributed by atoms with Gasteiger partial charge in [-0.25, -0.2) is 8.78 Å². The van der Waals surface area contributed by atoms with Gasteiger partial charge in [0.1, 0.15) is 23.8 Å². The van der Waals surface area contributed by atoms with E-state index < -0.39 is 11.6 Å². The summed E-state index contributed by atoms with van der Waals surface area (Å²) in [5.74, 6) is -0.495. The molecule has 0 N–H and O–H groups in total. The van der Waals surface area contributed by atoms with E-state index in [1.165, 1.54) is 36.2 Å². The van der Waals surface area contributed by atoms with E-state index in [4.69, 9.17) is 4.74 Å². The van der Waals surface area contributed by atoms with Gasteiger partial charge in [0.2, 0.25) is 5.88 Å². The number of methoxy groups -OCH3 is 1. The average Bonchev–Trinajstić information content (AvgIpc) is 3.04. The van der Waals surface area contributed by atoms with Gasteiger partial charge in [0.05, 0.1) is 18.2 Å². The second-order valence-corrected chi connectivity index (χ2v) is 5.06. The minimum absolute atomic E-state index is 0.0985. The normalized spacial score (nSPS) is 11.0. The van der Waals surface area contributed by atoms with Crippen LogP contribution in [0.3, 0.4) is 0 Å². The number of nitrogens with zero attached hydrogens (tertiary/aromatic N) is 5. The van der Waals surface area contributed by atoms with Crippen molar-refractivity contribution in [2.45, 2.75) is 13.8 Å². The van der Waals surface area contributed by atoms with Crippen LogP contribution in [-0.2, 0) is 0 Å². The van der Waals surface area contributed by atoms with E-state index >= 15 is 0 Å². The first-order chi connectivity index (χ1) is 11.6. The van der Waals surface area contributed by atoms with E-state index in [0.717, 1.165) is 0 Å². The van der Waals surface area contributed by atoms with Crippen LogP contribution < -0.4 is 9.64 Å². The Morgan fingerprint density at radius 2 is 1.79 bits per heavy atom. The number of fused-ring (bicyclic) bond motifs is 1. The quantitative estimate of drug-likeness (QED) is 0.718. The topological polar surface area (TPSA) is 55.5 Å². The summed E-state index contributed by atoms with van der Waals surface area (Å²) in [7, 11) is 1.41. The molecule has 0 unspecified atom stereocenters. The molecule has 0 saturated heterocycles. The molecule has 0 radical (unpaired) electrons. The number of benzene rings is 1. The molecule has 0 aliphatic rings. The standard InChI is InChI=1S/C16H17F2N5O/c1-4-22(5-2)15-13(12-10(17)7-6-8-11(12)18)14(24-3)21-16-19-9-20-23(15)16/h6-9H,4-5H2,1-3H3. The van der Waals surface area contributed by atoms with Crippen molar-refractivity contribution in [3.05, 3.63) is 36.2 Å². The van der Waals surface area contributed by atoms with E-state index in [0.29, 0.717) is 24.7 Å². The minimum atomic E-state index is -0.692. The number of hydrogen-bond acceptors (Lipinski definition) is 5. The van der Waals surface area contributed by atoms with Crippen LogP contribution in [0.25, 0.3) is 16.9 Å². The summed E-state index contributed by atoms with van der Waals surface area (Å²) in [4.78, 5) is 10.2. The Balaban J connectivity index is 2.47. The number of hydrogen-bond donors (Lipinski definition) is 0. The lowest BCUT2D eigenvalue weighted by atomic mass is 10.1. The highest BCUT2D eigenvalue weighted by atomic mass is 19.1. The van der Waals surface area contributed by atoms with Gasteiger partial charge < -0.3 is 9.64 Å². The molecule has 0 fully saturated rings. The molecule has 0 spiro atoms. The summed E-state index contributed by atoms with van der Waals surface area (Å²) < 4.78 is 35.7. The maximum Gasteiger partial charge on any atom is 0.257 e. The molecule has 3 aromatic rings. The van der Waals surface area contributed by atoms with Crippen molar-refractivity contribution in [1.82, 2.24) is 19.6 Å². The molecule has 0 aliphatic heterocycles. The molecule has 8 heteroatoms. The first-order valence-electron chi connectivity index (χ1n) is 7.59. The number of anilines is 1. The Hall–Kier alpha value is -2.77. The van der Waals surface area contributed by atoms with Gasteiger partial charge in [-0.05, 0) is 26.0 Å². The summed E-state index contributed by atoms with van der Waals surface area (Å²) in [5.41, 5.74) is 0.0240. The zero-order chi connectivity index (χ0) is 17.3. The largest absolute Gasteiger partial charge is 0.480 e. The Bertz CT molecular complexity index is 856. The van der Waals surface area contributed by atoms with Gasteiger partial charge in [0.25, 0.3) is 5.78 Å². The Labute approximate surface area is 137 Å². The summed E-state index contributed by atoms with van der Waals surface area (Å²) in [6.07, 6.45) is 1.34. The zero-order valence-electron chi connectivity index (χ0n) is 13.6. The minimum Gasteiger partial charge on any atom is -0.480 e. The van der Waals surface area contributed by atoms with Crippen molar-refractivity contribution < 1.29 is 13.5 Å². The molecular formula is C16H17F2N5O. The second-order valence-electron chi connectivity index (χ2n) is 5.06. The Morgan fingerprint density at radius 1 is 1.12 bits per heavy atom. The fourth-order valence-corrected chi connectivity index (χ4v) is 2.73. The van der Waals surface area contributed by atoms with Crippen LogP contribution in [0, 0.1) is 11.6 Å². The number of halogens is 2. The van der Waals surface area contributed by atoms with Crippen LogP contribution in [0.2, 0.25) is 0 Å². The maximum atomic E-state index is 14.4. The summed E-state index contributed by atoms with van der Waals surface area (Å²) in [5, 5.41) is 4.16. The average molecular weight is 333 g/mol. The molecule has 0 bridgehead atoms. The van der Waals surface area contributed by atoms with Crippen LogP contribution in [0.4, 0.5) is 14.6 Å². The third-order valence-electron chi connectivity index (χ3n) is 3.84. The van der Waals surface area contributed by atoms with E-state index in [9.17, 15) is 8.78 Å². The fraction of sp³-hybridized carbons (Fsp3) is 0.312. The van der Waals surface area contributed by atoms with Gasteiger partial charge in [-0.1, -0.05) is 6.07 Å². The molecule has 0 amide bonds. The van der Waals surface area contributed by atoms with Crippen LogP contribution in [-0.4, -0.2) is 39.8 Å². The van der Waals surface area contributed by atoms with Crippen molar-refractivity contribution in [3.8, 4) is 17.0 Å². The third-order valence-corrected chi connectivity index (χ3v) is 3.84. The molecule has 24 heavy (non-hydrogen) atoms. The first kappa shape index (κ1) is 16.1. The Morgan fingerprint density at radius 3 is 2.38 bits per heavy atom. The zero-order valence-corrected chi connectivity index (χ0v) is 13.6. The van der Waals surface area contributed by atoms with Crippen molar-refractivity contribution in [3.63, 3.8) is 0 Å². The molecular weight excluding hydrogens is 316 g/mol. The summed E-state index contributed by atoms with van der Waals surface area (Å²) in [6.45, 7) is 5.12. The van der Waals surface area contributed by atoms with Crippen LogP contribution in [0.15, 0.2) is 24.5 Å². The summed E-state index contributed by atoms with van der Waals surface area (Å²) >= 11 is 0. The molecule has 2 aromatic heterocycles. The molecule has 126 valence electrons. The monoisotopic (exact) mass is 333 g/mol. The van der Waals surface area contributed by atoms with Gasteiger partial charge in [-0.15, -0.1) is 0 Å². The van der Waals surface area contributed by atoms with Gasteiger partial charge in [0.15, 0.2) is 0 Å². The van der Waals surface area contributed by atoms with E-state index in [1.807, 2.05) is 18.7 Å². The van der Waals surface area contributed by atoms with Crippen molar-refractivity contribution in [2.24, 2.45) is 0 Å². The van der Waals surface area contributed by atoms with Crippen LogP contribution >= 0.6 is 0 Å². The highest BCUT2D eigenvalue weighted by Crippen LogP contribution is 2.40. The number of aromatic nitrogens is 4. The van der Waals surface area contributed by atoms with E-state index in [-0.39, 0.29) is 17.0 Å². The molecule has 3 rings (SSSR count). The predicted octanol–water partition coefficient (Wildman–Crippen LogP) is 2.92. The molecule has 1 aromatic carbocycles. The number of rotatable bonds is 5. The summed E-state index contributed by atoms with van der Waals surface area (Å²) in [6, 6.07) is 3.73. The van der Waals surface area contributed by atoms with Crippen molar-refractivity contribution in [2.75, 3.05) is 25.1 Å². The van der Waals surface area contributed by atoms with Gasteiger partial charge >= 0.3 is 0 Å². The lowest BCUT2D eigenvalue weighted by molar-refractivity contribution is 0.399. The molecule has 2 heterocycles. The van der Waals surface area contributed by atoms with E-state index in [1.54, 1.807) is 0 Å². The number of ether oxygens (including phenoxy) is 1. The van der Waals surface area contributed by atoms with E-state index in [2.05, 4.69) is 15.1 Å². The third kappa shape index (κ3) is 2.44. The lowest BCUT2D eigenvalue weighted by Crippen LogP contribution is -2.26. The Kier molecular flexibility index (Phi) is 4.28. The smallest absolute Gasteiger partial charge is 0.257 e. The van der Waals surface area contributed by atoms with Gasteiger partial charge in [-0.3, -0.25) is 0 Å². The van der Waals surface area contributed by atoms with Crippen molar-refractivity contribution >= 4 is 11.6 Å². The second kappa shape index (κ2) is 6.38. The highest BCUT2D eigenvalue weighted by Gasteiger charge is 2.26. The van der Waals surface area contributed by atoms with Gasteiger partial charge in [0, 0.05) is 13.1 Å². The highest BCUT2D eigenvalue weighted by molar-refractivity contribution is 5.82. The lowest BCUT2D eigenvalue weighted by Gasteiger charge is -2.25. The molecule has 0 aliphatic carbocycles. The fourth-order valence-electron chi connectivity index (χ4n) is 2.73. The molecule has 0 saturated carbocycles. The molecule has 6 nitrogen and oxygen atoms in total. The first-order valence-corrected chi connectivity index (χ1v) is 7.59. The van der Waals surface area contributed by atoms with Crippen LogP contribution in [0.5, 0.6) is 5.88 Å². The SMILES string of the molecule is CCN(CC)c1c(-c2c(F)cccc2F)c(OC)nc2ncnn12.